The molecule has 160 valence electrons. The third-order valence-corrected chi connectivity index (χ3v) is 7.15. The van der Waals surface area contributed by atoms with E-state index in [1.54, 1.807) is 6.20 Å². The predicted octanol–water partition coefficient (Wildman–Crippen LogP) is 5.65. The van der Waals surface area contributed by atoms with Gasteiger partial charge in [0.05, 0.1) is 16.2 Å². The fraction of sp³-hybridized carbons (Fsp3) is 0.476. The Kier molecular flexibility index (Phi) is 5.60. The standard InChI is InChI=1S/C21H26Cl2N6S/c1-20(2)8-14(9-21(3,4)28-20)29(5)19-27-26-18(30-19)17-15(22)6-12(7-16(17)23)13-10-24-25-11-13/h6-7,10-11,14,28H,8-9H2,1-5H3,(H,24,25). The van der Waals surface area contributed by atoms with E-state index < -0.39 is 0 Å². The van der Waals surface area contributed by atoms with Crippen LogP contribution in [0.3, 0.4) is 0 Å². The molecule has 3 aromatic rings. The lowest BCUT2D eigenvalue weighted by Crippen LogP contribution is -2.61. The van der Waals surface area contributed by atoms with E-state index in [2.05, 4.69) is 65.4 Å². The van der Waals surface area contributed by atoms with Crippen molar-refractivity contribution in [3.63, 3.8) is 0 Å². The van der Waals surface area contributed by atoms with E-state index in [4.69, 9.17) is 23.2 Å². The summed E-state index contributed by atoms with van der Waals surface area (Å²) in [6, 6.07) is 4.14. The first-order valence-corrected chi connectivity index (χ1v) is 11.5. The fourth-order valence-corrected chi connectivity index (χ4v) is 6.24. The molecule has 0 saturated carbocycles. The zero-order valence-electron chi connectivity index (χ0n) is 17.8. The van der Waals surface area contributed by atoms with Crippen molar-refractivity contribution in [2.75, 3.05) is 11.9 Å². The van der Waals surface area contributed by atoms with Crippen LogP contribution in [0.2, 0.25) is 10.0 Å². The first-order valence-electron chi connectivity index (χ1n) is 9.89. The third kappa shape index (κ3) is 4.35. The average Bonchev–Trinajstić information content (AvgIpc) is 3.30. The van der Waals surface area contributed by atoms with E-state index in [0.717, 1.165) is 34.1 Å². The number of nitrogens with one attached hydrogen (secondary N) is 2. The van der Waals surface area contributed by atoms with E-state index >= 15 is 0 Å². The summed E-state index contributed by atoms with van der Waals surface area (Å²) in [7, 11) is 2.09. The Morgan fingerprint density at radius 2 is 1.67 bits per heavy atom. The topological polar surface area (TPSA) is 69.7 Å². The van der Waals surface area contributed by atoms with Crippen LogP contribution in [0.4, 0.5) is 5.13 Å². The number of aromatic amines is 1. The van der Waals surface area contributed by atoms with Crippen LogP contribution >= 0.6 is 34.5 Å². The number of nitrogens with zero attached hydrogens (tertiary/aromatic N) is 4. The van der Waals surface area contributed by atoms with Gasteiger partial charge in [0.2, 0.25) is 5.13 Å². The van der Waals surface area contributed by atoms with Gasteiger partial charge in [-0.25, -0.2) is 0 Å². The zero-order chi connectivity index (χ0) is 21.7. The Morgan fingerprint density at radius 3 is 2.23 bits per heavy atom. The minimum Gasteiger partial charge on any atom is -0.347 e. The minimum absolute atomic E-state index is 0.0593. The van der Waals surface area contributed by atoms with Crippen molar-refractivity contribution in [2.24, 2.45) is 0 Å². The summed E-state index contributed by atoms with van der Waals surface area (Å²) in [6.45, 7) is 9.01. The highest BCUT2D eigenvalue weighted by Gasteiger charge is 2.39. The van der Waals surface area contributed by atoms with Gasteiger partial charge in [-0.05, 0) is 58.2 Å². The number of hydrogen-bond donors (Lipinski definition) is 2. The number of anilines is 1. The Labute approximate surface area is 191 Å². The van der Waals surface area contributed by atoms with Gasteiger partial charge in [0, 0.05) is 41.5 Å². The summed E-state index contributed by atoms with van der Waals surface area (Å²) in [5.41, 5.74) is 2.67. The largest absolute Gasteiger partial charge is 0.347 e. The van der Waals surface area contributed by atoms with E-state index in [1.807, 2.05) is 18.3 Å². The van der Waals surface area contributed by atoms with Crippen LogP contribution in [0, 0.1) is 0 Å². The lowest BCUT2D eigenvalue weighted by atomic mass is 9.79. The summed E-state index contributed by atoms with van der Waals surface area (Å²) in [5, 5.41) is 22.1. The third-order valence-electron chi connectivity index (χ3n) is 5.52. The van der Waals surface area contributed by atoms with Gasteiger partial charge in [-0.1, -0.05) is 34.5 Å². The highest BCUT2D eigenvalue weighted by molar-refractivity contribution is 7.18. The highest BCUT2D eigenvalue weighted by atomic mass is 35.5. The Hall–Kier alpha value is -1.67. The quantitative estimate of drug-likeness (QED) is 0.521. The predicted molar refractivity (Wildman–Crippen MR) is 126 cm³/mol. The molecule has 0 spiro atoms. The van der Waals surface area contributed by atoms with Crippen LogP contribution in [-0.2, 0) is 0 Å². The molecule has 6 nitrogen and oxygen atoms in total. The van der Waals surface area contributed by atoms with Crippen LogP contribution in [0.5, 0.6) is 0 Å². The summed E-state index contributed by atoms with van der Waals surface area (Å²) in [5.74, 6) is 0. The number of rotatable bonds is 4. The summed E-state index contributed by atoms with van der Waals surface area (Å²) in [6.07, 6.45) is 5.61. The van der Waals surface area contributed by atoms with Crippen molar-refractivity contribution in [3.8, 4) is 21.7 Å². The molecule has 1 saturated heterocycles. The van der Waals surface area contributed by atoms with Crippen molar-refractivity contribution in [2.45, 2.75) is 57.7 Å². The number of aromatic nitrogens is 4. The highest BCUT2D eigenvalue weighted by Crippen LogP contribution is 2.42. The van der Waals surface area contributed by atoms with Crippen LogP contribution in [0.1, 0.15) is 40.5 Å². The second-order valence-corrected chi connectivity index (χ2v) is 11.0. The van der Waals surface area contributed by atoms with Crippen molar-refractivity contribution in [3.05, 3.63) is 34.6 Å². The normalized spacial score (nSPS) is 18.5. The molecule has 1 fully saturated rings. The molecule has 0 aliphatic carbocycles. The van der Waals surface area contributed by atoms with E-state index in [-0.39, 0.29) is 11.1 Å². The van der Waals surface area contributed by atoms with Crippen LogP contribution in [0.25, 0.3) is 21.7 Å². The molecular weight excluding hydrogens is 439 g/mol. The molecule has 1 aliphatic heterocycles. The van der Waals surface area contributed by atoms with Crippen molar-refractivity contribution >= 4 is 39.7 Å². The molecule has 0 amide bonds. The minimum atomic E-state index is 0.0593. The first kappa shape index (κ1) is 21.6. The molecule has 3 heterocycles. The molecule has 0 unspecified atom stereocenters. The molecule has 0 atom stereocenters. The molecule has 0 bridgehead atoms. The number of piperidine rings is 1. The van der Waals surface area contributed by atoms with Gasteiger partial charge in [0.1, 0.15) is 0 Å². The summed E-state index contributed by atoms with van der Waals surface area (Å²) in [4.78, 5) is 2.24. The van der Waals surface area contributed by atoms with Gasteiger partial charge in [-0.2, -0.15) is 5.10 Å². The molecule has 30 heavy (non-hydrogen) atoms. The maximum atomic E-state index is 6.60. The lowest BCUT2D eigenvalue weighted by molar-refractivity contribution is 0.161. The second kappa shape index (κ2) is 7.79. The summed E-state index contributed by atoms with van der Waals surface area (Å²) < 4.78 is 0. The van der Waals surface area contributed by atoms with Gasteiger partial charge in [0.25, 0.3) is 0 Å². The molecule has 1 aliphatic rings. The van der Waals surface area contributed by atoms with Crippen molar-refractivity contribution < 1.29 is 0 Å². The first-order chi connectivity index (χ1) is 14.0. The Balaban J connectivity index is 1.61. The molecule has 1 aromatic carbocycles. The van der Waals surface area contributed by atoms with Crippen LogP contribution in [-0.4, -0.2) is 44.6 Å². The maximum Gasteiger partial charge on any atom is 0.208 e. The van der Waals surface area contributed by atoms with Crippen molar-refractivity contribution in [1.29, 1.82) is 0 Å². The average molecular weight is 465 g/mol. The second-order valence-electron chi connectivity index (χ2n) is 9.26. The van der Waals surface area contributed by atoms with Gasteiger partial charge in [0.15, 0.2) is 5.01 Å². The summed E-state index contributed by atoms with van der Waals surface area (Å²) >= 11 is 14.7. The monoisotopic (exact) mass is 464 g/mol. The SMILES string of the molecule is CN(c1nnc(-c2c(Cl)cc(-c3cn[nH]c3)cc2Cl)s1)C1CC(C)(C)NC(C)(C)C1. The van der Waals surface area contributed by atoms with Crippen molar-refractivity contribution in [1.82, 2.24) is 25.7 Å². The number of benzene rings is 1. The lowest BCUT2D eigenvalue weighted by Gasteiger charge is -2.48. The fourth-order valence-electron chi connectivity index (χ4n) is 4.51. The van der Waals surface area contributed by atoms with E-state index in [0.29, 0.717) is 21.7 Å². The van der Waals surface area contributed by atoms with Gasteiger partial charge >= 0.3 is 0 Å². The molecule has 0 radical (unpaired) electrons. The smallest absolute Gasteiger partial charge is 0.208 e. The zero-order valence-corrected chi connectivity index (χ0v) is 20.1. The Morgan fingerprint density at radius 1 is 1.03 bits per heavy atom. The number of H-pyrrole nitrogens is 1. The maximum absolute atomic E-state index is 6.60. The van der Waals surface area contributed by atoms with E-state index in [1.165, 1.54) is 11.3 Å². The number of halogens is 2. The number of hydrogen-bond acceptors (Lipinski definition) is 6. The van der Waals surface area contributed by atoms with Gasteiger partial charge < -0.3 is 10.2 Å². The van der Waals surface area contributed by atoms with Gasteiger partial charge in [-0.3, -0.25) is 5.10 Å². The molecular formula is C21H26Cl2N6S. The van der Waals surface area contributed by atoms with Crippen LogP contribution in [0.15, 0.2) is 24.5 Å². The molecule has 4 rings (SSSR count). The van der Waals surface area contributed by atoms with Gasteiger partial charge in [-0.15, -0.1) is 10.2 Å². The molecule has 2 aromatic heterocycles. The molecule has 9 heteroatoms. The van der Waals surface area contributed by atoms with E-state index in [9.17, 15) is 0 Å². The van der Waals surface area contributed by atoms with Crippen LogP contribution < -0.4 is 10.2 Å². The Bertz CT molecular complexity index is 1000. The molecule has 2 N–H and O–H groups in total.